The van der Waals surface area contributed by atoms with Crippen LogP contribution in [0, 0.1) is 0 Å². The molecule has 0 bridgehead atoms. The Labute approximate surface area is 236 Å². The molecule has 41 heavy (non-hydrogen) atoms. The summed E-state index contributed by atoms with van der Waals surface area (Å²) in [6.45, 7) is -2.37. The Kier molecular flexibility index (Phi) is 6.77. The van der Waals surface area contributed by atoms with Gasteiger partial charge in [0.05, 0.1) is 17.4 Å². The molecule has 1 amide bonds. The number of aromatic nitrogens is 5. The first-order valence-corrected chi connectivity index (χ1v) is 12.7. The highest BCUT2D eigenvalue weighted by atomic mass is 35.5. The minimum absolute atomic E-state index is 0.140. The van der Waals surface area contributed by atoms with E-state index in [0.717, 1.165) is 0 Å². The van der Waals surface area contributed by atoms with Crippen LogP contribution < -0.4 is 20.1 Å². The number of benzene rings is 2. The van der Waals surface area contributed by atoms with Crippen LogP contribution in [0.1, 0.15) is 15.9 Å². The molecule has 210 valence electrons. The highest BCUT2D eigenvalue weighted by Crippen LogP contribution is 2.40. The predicted octanol–water partition coefficient (Wildman–Crippen LogP) is 4.22. The molecule has 0 radical (unpaired) electrons. The number of anilines is 1. The number of β-amino-alcohol motifs (C(OH)–C–C–N with tert-alkyl or cyclic N) is 1. The van der Waals surface area contributed by atoms with Crippen LogP contribution in [0.25, 0.3) is 16.9 Å². The monoisotopic (exact) mass is 581 g/mol. The van der Waals surface area contributed by atoms with Crippen LogP contribution in [0.5, 0.6) is 17.2 Å². The molecule has 6 rings (SSSR count). The average molecular weight is 582 g/mol. The summed E-state index contributed by atoms with van der Waals surface area (Å²) in [7, 11) is 1.62. The van der Waals surface area contributed by atoms with Crippen molar-refractivity contribution < 1.29 is 28.2 Å². The first-order chi connectivity index (χ1) is 19.7. The van der Waals surface area contributed by atoms with Gasteiger partial charge in [0.1, 0.15) is 34.1 Å². The topological polar surface area (TPSA) is 128 Å². The van der Waals surface area contributed by atoms with E-state index in [1.165, 1.54) is 46.0 Å². The number of nitrogens with zero attached hydrogens (tertiary/aromatic N) is 5. The number of alkyl halides is 2. The molecule has 0 aliphatic carbocycles. The maximum absolute atomic E-state index is 13.3. The van der Waals surface area contributed by atoms with Crippen molar-refractivity contribution in [3.63, 3.8) is 0 Å². The lowest BCUT2D eigenvalue weighted by Gasteiger charge is -2.38. The van der Waals surface area contributed by atoms with Crippen LogP contribution in [0.3, 0.4) is 0 Å². The Morgan fingerprint density at radius 2 is 2.05 bits per heavy atom. The summed E-state index contributed by atoms with van der Waals surface area (Å²) in [6, 6.07) is 10.8. The second-order valence-corrected chi connectivity index (χ2v) is 9.85. The van der Waals surface area contributed by atoms with E-state index in [9.17, 15) is 18.7 Å². The van der Waals surface area contributed by atoms with Gasteiger partial charge in [0.25, 0.3) is 5.91 Å². The number of nitrogens with one attached hydrogen (secondary N) is 2. The van der Waals surface area contributed by atoms with Gasteiger partial charge in [-0.3, -0.25) is 9.48 Å². The first-order valence-electron chi connectivity index (χ1n) is 12.3. The largest absolute Gasteiger partial charge is 0.457 e. The Morgan fingerprint density at radius 1 is 1.22 bits per heavy atom. The second-order valence-electron chi connectivity index (χ2n) is 9.41. The zero-order chi connectivity index (χ0) is 28.7. The van der Waals surface area contributed by atoms with E-state index in [1.54, 1.807) is 37.5 Å². The third kappa shape index (κ3) is 5.29. The number of halogens is 3. The van der Waals surface area contributed by atoms with Crippen LogP contribution in [-0.4, -0.2) is 55.1 Å². The van der Waals surface area contributed by atoms with Crippen LogP contribution in [0.4, 0.5) is 14.5 Å². The van der Waals surface area contributed by atoms with Gasteiger partial charge in [0.2, 0.25) is 0 Å². The molecule has 1 aliphatic heterocycles. The van der Waals surface area contributed by atoms with E-state index in [1.807, 2.05) is 0 Å². The fourth-order valence-electron chi connectivity index (χ4n) is 4.50. The molecular weight excluding hydrogens is 560 g/mol. The van der Waals surface area contributed by atoms with Gasteiger partial charge in [-0.25, -0.2) is 9.50 Å². The van der Waals surface area contributed by atoms with Crippen molar-refractivity contribution in [2.45, 2.75) is 12.2 Å². The summed E-state index contributed by atoms with van der Waals surface area (Å²) in [4.78, 5) is 17.4. The minimum Gasteiger partial charge on any atom is -0.457 e. The molecular formula is C27H22ClF2N7O4. The third-order valence-corrected chi connectivity index (χ3v) is 6.72. The smallest absolute Gasteiger partial charge is 0.387 e. The normalized spacial score (nSPS) is 14.2. The van der Waals surface area contributed by atoms with Crippen molar-refractivity contribution >= 4 is 28.8 Å². The number of amides is 1. The molecule has 1 saturated heterocycles. The lowest BCUT2D eigenvalue weighted by Crippen LogP contribution is -2.56. The van der Waals surface area contributed by atoms with Crippen molar-refractivity contribution in [1.82, 2.24) is 29.7 Å². The molecule has 1 fully saturated rings. The molecule has 11 nitrogen and oxygen atoms in total. The molecule has 0 spiro atoms. The zero-order valence-electron chi connectivity index (χ0n) is 21.4. The number of aliphatic hydroxyl groups is 1. The van der Waals surface area contributed by atoms with E-state index >= 15 is 0 Å². The highest BCUT2D eigenvalue weighted by molar-refractivity contribution is 6.30. The number of aryl methyl sites for hydroxylation is 1. The van der Waals surface area contributed by atoms with Crippen molar-refractivity contribution in [3.8, 4) is 28.5 Å². The van der Waals surface area contributed by atoms with Crippen molar-refractivity contribution in [3.05, 3.63) is 83.4 Å². The number of ether oxygens (including phenoxy) is 2. The third-order valence-electron chi connectivity index (χ3n) is 6.50. The van der Waals surface area contributed by atoms with Gasteiger partial charge in [-0.05, 0) is 48.0 Å². The number of carbonyl (C=O) groups is 1. The molecule has 14 heteroatoms. The van der Waals surface area contributed by atoms with Crippen molar-refractivity contribution in [1.29, 1.82) is 0 Å². The standard InChI is InChI=1S/C27H22ClF2N7O4/c1-36-12-21(34-25(38)20-11-33-37-6-2-5-32-24(20)37)23(35-36)19-10-17(3-4-22(19)41-26(29)30)40-18-8-15(7-16(28)9-18)27(39)13-31-14-27/h2-12,26,31,39H,13-14H2,1H3,(H,34,38). The van der Waals surface area contributed by atoms with E-state index in [0.29, 0.717) is 35.1 Å². The number of hydrogen-bond donors (Lipinski definition) is 3. The molecule has 5 aromatic rings. The van der Waals surface area contributed by atoms with E-state index in [-0.39, 0.29) is 34.0 Å². The maximum Gasteiger partial charge on any atom is 0.387 e. The van der Waals surface area contributed by atoms with Crippen LogP contribution in [-0.2, 0) is 12.6 Å². The molecule has 4 heterocycles. The van der Waals surface area contributed by atoms with Gasteiger partial charge in [-0.15, -0.1) is 0 Å². The second kappa shape index (κ2) is 10.4. The number of carbonyl (C=O) groups excluding carboxylic acids is 1. The Hall–Kier alpha value is -4.59. The summed E-state index contributed by atoms with van der Waals surface area (Å²) in [5.41, 5.74) is 0.592. The van der Waals surface area contributed by atoms with Crippen molar-refractivity contribution in [2.75, 3.05) is 18.4 Å². The Balaban J connectivity index is 1.35. The first kappa shape index (κ1) is 26.6. The van der Waals surface area contributed by atoms with Gasteiger partial charge < -0.3 is 25.2 Å². The molecule has 0 unspecified atom stereocenters. The molecule has 0 atom stereocenters. The summed E-state index contributed by atoms with van der Waals surface area (Å²) in [6.07, 6.45) is 6.10. The predicted molar refractivity (Wildman–Crippen MR) is 145 cm³/mol. The van der Waals surface area contributed by atoms with Crippen LogP contribution in [0.2, 0.25) is 5.02 Å². The zero-order valence-corrected chi connectivity index (χ0v) is 22.1. The Morgan fingerprint density at radius 3 is 2.80 bits per heavy atom. The van der Waals surface area contributed by atoms with Gasteiger partial charge in [-0.1, -0.05) is 11.6 Å². The van der Waals surface area contributed by atoms with Gasteiger partial charge in [0, 0.05) is 43.8 Å². The summed E-state index contributed by atoms with van der Waals surface area (Å²) < 4.78 is 40.4. The highest BCUT2D eigenvalue weighted by Gasteiger charge is 2.36. The summed E-state index contributed by atoms with van der Waals surface area (Å²) in [5.74, 6) is -0.118. The maximum atomic E-state index is 13.3. The van der Waals surface area contributed by atoms with E-state index < -0.39 is 18.1 Å². The summed E-state index contributed by atoms with van der Waals surface area (Å²) >= 11 is 6.29. The number of fused-ring (bicyclic) bond motifs is 1. The molecule has 1 aliphatic rings. The molecule has 2 aromatic carbocycles. The average Bonchev–Trinajstić information content (AvgIpc) is 3.50. The van der Waals surface area contributed by atoms with E-state index in [2.05, 4.69) is 25.8 Å². The molecule has 3 N–H and O–H groups in total. The fourth-order valence-corrected chi connectivity index (χ4v) is 4.73. The molecule has 3 aromatic heterocycles. The van der Waals surface area contributed by atoms with Gasteiger partial charge in [-0.2, -0.15) is 19.0 Å². The van der Waals surface area contributed by atoms with Gasteiger partial charge >= 0.3 is 6.61 Å². The molecule has 0 saturated carbocycles. The number of hydrogen-bond acceptors (Lipinski definition) is 8. The number of rotatable bonds is 8. The van der Waals surface area contributed by atoms with Crippen molar-refractivity contribution in [2.24, 2.45) is 7.05 Å². The van der Waals surface area contributed by atoms with E-state index in [4.69, 9.17) is 21.1 Å². The lowest BCUT2D eigenvalue weighted by molar-refractivity contribution is -0.0494. The quantitative estimate of drug-likeness (QED) is 0.249. The Bertz CT molecular complexity index is 1770. The lowest BCUT2D eigenvalue weighted by atomic mass is 9.88. The fraction of sp³-hybridized carbons (Fsp3) is 0.185. The SMILES string of the molecule is Cn1cc(NC(=O)c2cnn3cccnc23)c(-c2cc(Oc3cc(Cl)cc(C4(O)CNC4)c3)ccc2OC(F)F)n1. The van der Waals surface area contributed by atoms with Crippen LogP contribution >= 0.6 is 11.6 Å². The summed E-state index contributed by atoms with van der Waals surface area (Å²) in [5, 5.41) is 25.4. The van der Waals surface area contributed by atoms with Crippen LogP contribution in [0.15, 0.2) is 67.3 Å². The van der Waals surface area contributed by atoms with Gasteiger partial charge in [0.15, 0.2) is 5.65 Å². The minimum atomic E-state index is -3.11.